The summed E-state index contributed by atoms with van der Waals surface area (Å²) in [5.74, 6) is 0.498. The quantitative estimate of drug-likeness (QED) is 0.357. The van der Waals surface area contributed by atoms with Gasteiger partial charge in [-0.3, -0.25) is 20.2 Å². The summed E-state index contributed by atoms with van der Waals surface area (Å²) in [4.78, 5) is 27.2. The van der Waals surface area contributed by atoms with Crippen molar-refractivity contribution in [3.8, 4) is 5.75 Å². The zero-order chi connectivity index (χ0) is 21.3. The van der Waals surface area contributed by atoms with Crippen LogP contribution >= 0.6 is 11.6 Å². The zero-order valence-corrected chi connectivity index (χ0v) is 16.4. The summed E-state index contributed by atoms with van der Waals surface area (Å²) in [5.41, 5.74) is 1.50. The normalized spacial score (nSPS) is 10.9. The third kappa shape index (κ3) is 3.83. The van der Waals surface area contributed by atoms with Crippen LogP contribution in [0.25, 0.3) is 11.0 Å². The number of imidazole rings is 1. The molecule has 0 aliphatic heterocycles. The molecular weight excluding hydrogens is 412 g/mol. The first-order chi connectivity index (χ1) is 14.4. The molecule has 4 rings (SSSR count). The Morgan fingerprint density at radius 2 is 2.07 bits per heavy atom. The van der Waals surface area contributed by atoms with Gasteiger partial charge in [-0.25, -0.2) is 4.98 Å². The monoisotopic (exact) mass is 426 g/mol. The molecule has 2 heterocycles. The minimum Gasteiger partial charge on any atom is -0.484 e. The van der Waals surface area contributed by atoms with Gasteiger partial charge in [-0.05, 0) is 30.3 Å². The Kier molecular flexibility index (Phi) is 5.11. The Labute approximate surface area is 175 Å². The number of carbonyl (C=O) groups is 1. The summed E-state index contributed by atoms with van der Waals surface area (Å²) < 4.78 is 12.8. The van der Waals surface area contributed by atoms with Crippen molar-refractivity contribution in [2.24, 2.45) is 7.05 Å². The van der Waals surface area contributed by atoms with Crippen LogP contribution in [0.15, 0.2) is 59.0 Å². The molecule has 2 aromatic heterocycles. The van der Waals surface area contributed by atoms with Crippen LogP contribution in [0, 0.1) is 10.1 Å². The van der Waals surface area contributed by atoms with Crippen molar-refractivity contribution in [2.75, 3.05) is 5.32 Å². The topological polar surface area (TPSA) is 112 Å². The summed E-state index contributed by atoms with van der Waals surface area (Å²) >= 11 is 6.01. The fourth-order valence-electron chi connectivity index (χ4n) is 2.86. The Balaban J connectivity index is 1.45. The first kappa shape index (κ1) is 19.5. The summed E-state index contributed by atoms with van der Waals surface area (Å²) in [6, 6.07) is 14.5. The Morgan fingerprint density at radius 3 is 2.83 bits per heavy atom. The maximum Gasteiger partial charge on any atom is 0.293 e. The standard InChI is InChI=1S/C20H15ClN4O5/c1-24-16-5-3-2-4-15(16)22-20(24)23-19(26)17-9-7-13(30-17)11-29-18-10-12(25(27)28)6-8-14(18)21/h2-10H,11H2,1H3,(H,22,23,26). The van der Waals surface area contributed by atoms with Gasteiger partial charge in [0.05, 0.1) is 27.0 Å². The average molecular weight is 427 g/mol. The van der Waals surface area contributed by atoms with Crippen LogP contribution < -0.4 is 10.1 Å². The number of para-hydroxylation sites is 2. The number of fused-ring (bicyclic) bond motifs is 1. The van der Waals surface area contributed by atoms with Crippen LogP contribution in [0.5, 0.6) is 5.75 Å². The van der Waals surface area contributed by atoms with Gasteiger partial charge in [-0.2, -0.15) is 0 Å². The molecule has 2 aromatic carbocycles. The molecule has 0 spiro atoms. The van der Waals surface area contributed by atoms with Crippen molar-refractivity contribution in [1.82, 2.24) is 9.55 Å². The molecule has 0 fully saturated rings. The predicted octanol–water partition coefficient (Wildman–Crippen LogP) is 4.56. The first-order valence-corrected chi connectivity index (χ1v) is 9.18. The minimum atomic E-state index is -0.542. The van der Waals surface area contributed by atoms with E-state index in [0.29, 0.717) is 11.7 Å². The number of carbonyl (C=O) groups excluding carboxylic acids is 1. The molecule has 1 amide bonds. The summed E-state index contributed by atoms with van der Waals surface area (Å²) in [6.07, 6.45) is 0. The number of ether oxygens (including phenoxy) is 1. The van der Waals surface area contributed by atoms with E-state index in [9.17, 15) is 14.9 Å². The number of furan rings is 1. The van der Waals surface area contributed by atoms with Crippen LogP contribution in [0.4, 0.5) is 11.6 Å². The number of aromatic nitrogens is 2. The van der Waals surface area contributed by atoms with Gasteiger partial charge >= 0.3 is 0 Å². The largest absolute Gasteiger partial charge is 0.484 e. The van der Waals surface area contributed by atoms with Gasteiger partial charge < -0.3 is 13.7 Å². The van der Waals surface area contributed by atoms with Gasteiger partial charge in [-0.15, -0.1) is 0 Å². The van der Waals surface area contributed by atoms with E-state index < -0.39 is 10.8 Å². The van der Waals surface area contributed by atoms with E-state index in [1.807, 2.05) is 24.3 Å². The number of amides is 1. The number of rotatable bonds is 6. The van der Waals surface area contributed by atoms with E-state index in [-0.39, 0.29) is 28.8 Å². The molecule has 1 N–H and O–H groups in total. The molecule has 4 aromatic rings. The maximum absolute atomic E-state index is 12.5. The fraction of sp³-hybridized carbons (Fsp3) is 0.100. The second kappa shape index (κ2) is 7.88. The number of hydrogen-bond acceptors (Lipinski definition) is 6. The highest BCUT2D eigenvalue weighted by molar-refractivity contribution is 6.32. The number of hydrogen-bond donors (Lipinski definition) is 1. The molecule has 10 heteroatoms. The minimum absolute atomic E-state index is 0.0551. The second-order valence-electron chi connectivity index (χ2n) is 6.36. The number of aryl methyl sites for hydroxylation is 1. The highest BCUT2D eigenvalue weighted by Gasteiger charge is 2.16. The van der Waals surface area contributed by atoms with Crippen molar-refractivity contribution in [2.45, 2.75) is 6.61 Å². The Bertz CT molecular complexity index is 1260. The number of nitrogens with zero attached hydrogens (tertiary/aromatic N) is 3. The molecule has 152 valence electrons. The SMILES string of the molecule is Cn1c(NC(=O)c2ccc(COc3cc([N+](=O)[O-])ccc3Cl)o2)nc2ccccc21. The number of nitro groups is 1. The van der Waals surface area contributed by atoms with E-state index in [1.54, 1.807) is 17.7 Å². The van der Waals surface area contributed by atoms with E-state index in [4.69, 9.17) is 20.8 Å². The van der Waals surface area contributed by atoms with Crippen molar-refractivity contribution >= 4 is 40.2 Å². The fourth-order valence-corrected chi connectivity index (χ4v) is 3.04. The number of non-ortho nitro benzene ring substituents is 1. The summed E-state index contributed by atoms with van der Waals surface area (Å²) in [6.45, 7) is -0.0551. The van der Waals surface area contributed by atoms with Crippen molar-refractivity contribution < 1.29 is 18.9 Å². The lowest BCUT2D eigenvalue weighted by molar-refractivity contribution is -0.384. The van der Waals surface area contributed by atoms with Crippen LogP contribution in [0.1, 0.15) is 16.3 Å². The summed E-state index contributed by atoms with van der Waals surface area (Å²) in [7, 11) is 1.80. The van der Waals surface area contributed by atoms with Gasteiger partial charge in [0, 0.05) is 13.1 Å². The van der Waals surface area contributed by atoms with Crippen LogP contribution in [-0.4, -0.2) is 20.4 Å². The number of anilines is 1. The first-order valence-electron chi connectivity index (χ1n) is 8.80. The van der Waals surface area contributed by atoms with E-state index in [1.165, 1.54) is 24.3 Å². The molecule has 0 aliphatic carbocycles. The third-order valence-corrected chi connectivity index (χ3v) is 4.71. The van der Waals surface area contributed by atoms with Gasteiger partial charge in [0.2, 0.25) is 5.95 Å². The lowest BCUT2D eigenvalue weighted by Gasteiger charge is -2.06. The molecule has 0 saturated heterocycles. The number of nitrogens with one attached hydrogen (secondary N) is 1. The number of benzene rings is 2. The lowest BCUT2D eigenvalue weighted by Crippen LogP contribution is -2.14. The zero-order valence-electron chi connectivity index (χ0n) is 15.7. The molecule has 0 bridgehead atoms. The number of halogens is 1. The Morgan fingerprint density at radius 1 is 1.27 bits per heavy atom. The van der Waals surface area contributed by atoms with E-state index in [0.717, 1.165) is 11.0 Å². The molecule has 0 aliphatic rings. The number of nitro benzene ring substituents is 1. The average Bonchev–Trinajstić information content (AvgIpc) is 3.33. The second-order valence-corrected chi connectivity index (χ2v) is 6.77. The van der Waals surface area contributed by atoms with Gasteiger partial charge in [0.1, 0.15) is 18.1 Å². The highest BCUT2D eigenvalue weighted by atomic mass is 35.5. The third-order valence-electron chi connectivity index (χ3n) is 4.39. The lowest BCUT2D eigenvalue weighted by atomic mass is 10.3. The molecule has 30 heavy (non-hydrogen) atoms. The molecule has 0 unspecified atom stereocenters. The molecular formula is C20H15ClN4O5. The maximum atomic E-state index is 12.5. The van der Waals surface area contributed by atoms with Crippen molar-refractivity contribution in [3.05, 3.63) is 81.3 Å². The van der Waals surface area contributed by atoms with Crippen LogP contribution in [0.2, 0.25) is 5.02 Å². The smallest absolute Gasteiger partial charge is 0.293 e. The van der Waals surface area contributed by atoms with Crippen LogP contribution in [0.3, 0.4) is 0 Å². The van der Waals surface area contributed by atoms with Crippen LogP contribution in [-0.2, 0) is 13.7 Å². The molecule has 0 saturated carbocycles. The predicted molar refractivity (Wildman–Crippen MR) is 110 cm³/mol. The highest BCUT2D eigenvalue weighted by Crippen LogP contribution is 2.29. The van der Waals surface area contributed by atoms with Crippen molar-refractivity contribution in [3.63, 3.8) is 0 Å². The Hall–Kier alpha value is -3.85. The summed E-state index contributed by atoms with van der Waals surface area (Å²) in [5, 5.41) is 13.8. The van der Waals surface area contributed by atoms with E-state index in [2.05, 4.69) is 10.3 Å². The molecule has 0 atom stereocenters. The van der Waals surface area contributed by atoms with Gasteiger partial charge in [0.25, 0.3) is 11.6 Å². The van der Waals surface area contributed by atoms with E-state index >= 15 is 0 Å². The van der Waals surface area contributed by atoms with Gasteiger partial charge in [0.15, 0.2) is 5.76 Å². The molecule has 9 nitrogen and oxygen atoms in total. The van der Waals surface area contributed by atoms with Crippen molar-refractivity contribution in [1.29, 1.82) is 0 Å². The molecule has 0 radical (unpaired) electrons. The van der Waals surface area contributed by atoms with Gasteiger partial charge in [-0.1, -0.05) is 23.7 Å².